The molecule has 0 saturated heterocycles. The number of Topliss-reactive ketones (excluding diaryl/α,β-unsaturated/α-hetero) is 4. The zero-order valence-corrected chi connectivity index (χ0v) is 19.6. The van der Waals surface area contributed by atoms with Crippen LogP contribution in [0.1, 0.15) is 35.7 Å². The molecule has 0 bridgehead atoms. The van der Waals surface area contributed by atoms with E-state index in [1.807, 2.05) is 0 Å². The topological polar surface area (TPSA) is 181 Å². The van der Waals surface area contributed by atoms with Gasteiger partial charge in [0.1, 0.15) is 11.9 Å². The van der Waals surface area contributed by atoms with Crippen molar-refractivity contribution in [2.75, 3.05) is 14.1 Å². The molecule has 1 aromatic rings. The number of ether oxygens (including phenoxy) is 1. The number of carbonyl (C=O) groups excluding carboxylic acids is 6. The Bertz CT molecular complexity index is 1190. The molecule has 1 aromatic carbocycles. The SMILES string of the molecule is CC(=O)O[C@H]1[C@H]2C(C(=O)c3c(O)cccc3[C@@H]2C)C(=O)[C@]2(O)C(=O)C(C(N)=O)C(=O)[C@@H](N(C)C)[C@H]12. The number of aliphatic hydroxyl groups is 1. The summed E-state index contributed by atoms with van der Waals surface area (Å²) in [4.78, 5) is 79.7. The summed E-state index contributed by atoms with van der Waals surface area (Å²) in [5, 5.41) is 22.1. The zero-order valence-electron chi connectivity index (χ0n) is 19.6. The molecule has 3 aliphatic rings. The number of aromatic hydroxyl groups is 1. The van der Waals surface area contributed by atoms with Crippen molar-refractivity contribution >= 4 is 35.0 Å². The number of amides is 1. The summed E-state index contributed by atoms with van der Waals surface area (Å²) in [5.41, 5.74) is 2.56. The van der Waals surface area contributed by atoms with Crippen LogP contribution in [0.2, 0.25) is 0 Å². The molecule has 2 unspecified atom stereocenters. The third kappa shape index (κ3) is 3.18. The van der Waals surface area contributed by atoms with E-state index in [9.17, 15) is 39.0 Å². The predicted molar refractivity (Wildman–Crippen MR) is 117 cm³/mol. The Hall–Kier alpha value is -3.44. The Morgan fingerprint density at radius 2 is 1.74 bits per heavy atom. The van der Waals surface area contributed by atoms with Crippen molar-refractivity contribution in [3.8, 4) is 5.75 Å². The zero-order chi connectivity index (χ0) is 26.1. The van der Waals surface area contributed by atoms with Crippen molar-refractivity contribution in [2.24, 2.45) is 29.4 Å². The maximum absolute atomic E-state index is 13.9. The van der Waals surface area contributed by atoms with E-state index in [0.717, 1.165) is 6.92 Å². The first-order valence-corrected chi connectivity index (χ1v) is 11.1. The number of nitrogens with zero attached hydrogens (tertiary/aromatic N) is 1. The third-order valence-corrected chi connectivity index (χ3v) is 7.63. The minimum Gasteiger partial charge on any atom is -0.507 e. The highest BCUT2D eigenvalue weighted by Crippen LogP contribution is 2.55. The summed E-state index contributed by atoms with van der Waals surface area (Å²) < 4.78 is 5.57. The Morgan fingerprint density at radius 1 is 1.11 bits per heavy atom. The number of fused-ring (bicyclic) bond motifs is 3. The quantitative estimate of drug-likeness (QED) is 0.353. The maximum Gasteiger partial charge on any atom is 0.302 e. The second-order valence-electron chi connectivity index (χ2n) is 9.69. The minimum absolute atomic E-state index is 0.131. The molecule has 4 N–H and O–H groups in total. The molecule has 186 valence electrons. The summed E-state index contributed by atoms with van der Waals surface area (Å²) in [6.45, 7) is 2.75. The summed E-state index contributed by atoms with van der Waals surface area (Å²) in [6, 6.07) is 2.98. The van der Waals surface area contributed by atoms with Crippen molar-refractivity contribution in [3.05, 3.63) is 29.3 Å². The van der Waals surface area contributed by atoms with Crippen LogP contribution in [0.15, 0.2) is 18.2 Å². The summed E-state index contributed by atoms with van der Waals surface area (Å²) in [7, 11) is 2.89. The standard InChI is InChI=1S/C24H26N2O9/c1-8-10-6-5-7-11(28)13(10)18(29)14-12(8)20(35-9(2)27)16-17(26(3)4)19(30)15(23(25)33)22(32)24(16,34)21(14)31/h5-8,12,14-17,20,28,34H,1-4H3,(H2,25,33)/t8-,12+,14?,15?,16+,17-,20-,24-/m0/s1. The molecule has 0 spiro atoms. The highest BCUT2D eigenvalue weighted by molar-refractivity contribution is 6.32. The van der Waals surface area contributed by atoms with Crippen molar-refractivity contribution in [1.82, 2.24) is 4.90 Å². The molecule has 0 aromatic heterocycles. The van der Waals surface area contributed by atoms with Gasteiger partial charge in [0.05, 0.1) is 23.4 Å². The number of hydrogen-bond donors (Lipinski definition) is 3. The Kier molecular flexibility index (Phi) is 5.68. The number of likely N-dealkylation sites (N-methyl/N-ethyl adjacent to an activating group) is 1. The number of esters is 1. The van der Waals surface area contributed by atoms with Crippen molar-refractivity contribution in [3.63, 3.8) is 0 Å². The van der Waals surface area contributed by atoms with Crippen LogP contribution < -0.4 is 5.73 Å². The van der Waals surface area contributed by atoms with E-state index in [1.54, 1.807) is 13.0 Å². The lowest BCUT2D eigenvalue weighted by Crippen LogP contribution is -2.78. The lowest BCUT2D eigenvalue weighted by atomic mass is 9.49. The van der Waals surface area contributed by atoms with Gasteiger partial charge >= 0.3 is 5.97 Å². The second kappa shape index (κ2) is 8.06. The van der Waals surface area contributed by atoms with Gasteiger partial charge in [0, 0.05) is 12.8 Å². The number of carbonyl (C=O) groups is 6. The molecule has 8 atom stereocenters. The largest absolute Gasteiger partial charge is 0.507 e. The minimum atomic E-state index is -3.01. The van der Waals surface area contributed by atoms with E-state index in [4.69, 9.17) is 10.5 Å². The van der Waals surface area contributed by atoms with Crippen molar-refractivity contribution in [2.45, 2.75) is 37.5 Å². The molecule has 0 radical (unpaired) electrons. The van der Waals surface area contributed by atoms with Gasteiger partial charge in [0.2, 0.25) is 5.91 Å². The van der Waals surface area contributed by atoms with Crippen LogP contribution in [0, 0.1) is 23.7 Å². The first-order valence-electron chi connectivity index (χ1n) is 11.1. The third-order valence-electron chi connectivity index (χ3n) is 7.63. The molecular formula is C24H26N2O9. The molecule has 0 aliphatic heterocycles. The monoisotopic (exact) mass is 486 g/mol. The van der Waals surface area contributed by atoms with Crippen LogP contribution in [0.5, 0.6) is 5.75 Å². The van der Waals surface area contributed by atoms with Gasteiger partial charge in [-0.3, -0.25) is 33.7 Å². The molecule has 4 rings (SSSR count). The van der Waals surface area contributed by atoms with Gasteiger partial charge in [-0.2, -0.15) is 0 Å². The van der Waals surface area contributed by atoms with Crippen LogP contribution in [0.4, 0.5) is 0 Å². The number of primary amides is 1. The molecule has 0 heterocycles. The molecular weight excluding hydrogens is 460 g/mol. The van der Waals surface area contributed by atoms with Crippen molar-refractivity contribution < 1.29 is 43.7 Å². The molecule has 2 fully saturated rings. The van der Waals surface area contributed by atoms with Crippen LogP contribution in [0.25, 0.3) is 0 Å². The van der Waals surface area contributed by atoms with Crippen LogP contribution in [-0.2, 0) is 28.7 Å². The number of rotatable bonds is 3. The number of phenolic OH excluding ortho intramolecular Hbond substituents is 1. The number of benzene rings is 1. The Morgan fingerprint density at radius 3 is 2.29 bits per heavy atom. The van der Waals surface area contributed by atoms with E-state index in [0.29, 0.717) is 5.56 Å². The summed E-state index contributed by atoms with van der Waals surface area (Å²) >= 11 is 0. The second-order valence-corrected chi connectivity index (χ2v) is 9.69. The van der Waals surface area contributed by atoms with Crippen LogP contribution in [0.3, 0.4) is 0 Å². The van der Waals surface area contributed by atoms with E-state index < -0.39 is 82.3 Å². The van der Waals surface area contributed by atoms with Gasteiger partial charge in [-0.05, 0) is 31.6 Å². The number of phenols is 1. The van der Waals surface area contributed by atoms with Gasteiger partial charge in [0.25, 0.3) is 0 Å². The number of nitrogens with two attached hydrogens (primary N) is 1. The summed E-state index contributed by atoms with van der Waals surface area (Å²) in [5.74, 6) is -14.1. The molecule has 35 heavy (non-hydrogen) atoms. The van der Waals surface area contributed by atoms with Crippen LogP contribution >= 0.6 is 0 Å². The van der Waals surface area contributed by atoms with E-state index in [1.165, 1.54) is 31.1 Å². The van der Waals surface area contributed by atoms with Crippen molar-refractivity contribution in [1.29, 1.82) is 0 Å². The van der Waals surface area contributed by atoms with Gasteiger partial charge in [-0.1, -0.05) is 19.1 Å². The highest BCUT2D eigenvalue weighted by Gasteiger charge is 2.73. The molecule has 2 saturated carbocycles. The fraction of sp³-hybridized carbons (Fsp3) is 0.500. The molecule has 11 nitrogen and oxygen atoms in total. The van der Waals surface area contributed by atoms with Gasteiger partial charge < -0.3 is 20.7 Å². The van der Waals surface area contributed by atoms with E-state index >= 15 is 0 Å². The lowest BCUT2D eigenvalue weighted by molar-refractivity contribution is -0.205. The predicted octanol–water partition coefficient (Wildman–Crippen LogP) is -1.03. The first kappa shape index (κ1) is 24.7. The van der Waals surface area contributed by atoms with Crippen LogP contribution in [-0.4, -0.2) is 82.0 Å². The smallest absolute Gasteiger partial charge is 0.302 e. The first-order chi connectivity index (χ1) is 16.3. The number of ketones is 4. The summed E-state index contributed by atoms with van der Waals surface area (Å²) in [6.07, 6.45) is -1.43. The van der Waals surface area contributed by atoms with Gasteiger partial charge in [-0.25, -0.2) is 0 Å². The molecule has 3 aliphatic carbocycles. The fourth-order valence-electron chi connectivity index (χ4n) is 6.26. The average Bonchev–Trinajstić information content (AvgIpc) is 2.75. The van der Waals surface area contributed by atoms with Gasteiger partial charge in [-0.15, -0.1) is 0 Å². The van der Waals surface area contributed by atoms with E-state index in [2.05, 4.69) is 0 Å². The van der Waals surface area contributed by atoms with Gasteiger partial charge in [0.15, 0.2) is 34.7 Å². The Balaban J connectivity index is 2.03. The molecule has 11 heteroatoms. The lowest BCUT2D eigenvalue weighted by Gasteiger charge is -2.56. The normalized spacial score (nSPS) is 36.3. The highest BCUT2D eigenvalue weighted by atomic mass is 16.5. The number of hydrogen-bond acceptors (Lipinski definition) is 10. The maximum atomic E-state index is 13.9. The average molecular weight is 486 g/mol. The van der Waals surface area contributed by atoms with E-state index in [-0.39, 0.29) is 11.3 Å². The fourth-order valence-corrected chi connectivity index (χ4v) is 6.26. The Labute approximate surface area is 200 Å². The molecule has 1 amide bonds.